The van der Waals surface area contributed by atoms with Gasteiger partial charge in [0.1, 0.15) is 17.7 Å². The molecule has 0 bridgehead atoms. The van der Waals surface area contributed by atoms with E-state index in [1.54, 1.807) is 18.3 Å². The lowest BCUT2D eigenvalue weighted by Gasteiger charge is -2.11. The van der Waals surface area contributed by atoms with Gasteiger partial charge >= 0.3 is 0 Å². The fourth-order valence-electron chi connectivity index (χ4n) is 2.01. The van der Waals surface area contributed by atoms with Gasteiger partial charge in [-0.2, -0.15) is 5.26 Å². The molecule has 0 spiro atoms. The Labute approximate surface area is 116 Å². The third-order valence-corrected chi connectivity index (χ3v) is 3.07. The van der Waals surface area contributed by atoms with Crippen LogP contribution in [-0.2, 0) is 0 Å². The first-order chi connectivity index (χ1) is 9.76. The normalized spacial score (nSPS) is 12.0. The van der Waals surface area contributed by atoms with Crippen molar-refractivity contribution in [2.24, 2.45) is 0 Å². The van der Waals surface area contributed by atoms with Crippen molar-refractivity contribution in [1.82, 2.24) is 15.0 Å². The van der Waals surface area contributed by atoms with Crippen LogP contribution < -0.4 is 5.32 Å². The Morgan fingerprint density at radius 2 is 2.10 bits per heavy atom. The molecule has 0 aliphatic rings. The van der Waals surface area contributed by atoms with Crippen molar-refractivity contribution in [2.45, 2.75) is 13.0 Å². The lowest BCUT2D eigenvalue weighted by Crippen LogP contribution is -2.09. The second kappa shape index (κ2) is 5.02. The van der Waals surface area contributed by atoms with Gasteiger partial charge in [0.15, 0.2) is 0 Å². The number of nitriles is 1. The third-order valence-electron chi connectivity index (χ3n) is 3.07. The highest BCUT2D eigenvalue weighted by molar-refractivity contribution is 5.74. The molecule has 0 saturated carbocycles. The molecule has 20 heavy (non-hydrogen) atoms. The fourth-order valence-corrected chi connectivity index (χ4v) is 2.01. The van der Waals surface area contributed by atoms with E-state index in [9.17, 15) is 0 Å². The topological polar surface area (TPSA) is 77.4 Å². The number of para-hydroxylation sites is 2. The van der Waals surface area contributed by atoms with Crippen LogP contribution in [0.25, 0.3) is 11.0 Å². The molecule has 0 unspecified atom stereocenters. The van der Waals surface area contributed by atoms with Crippen molar-refractivity contribution in [1.29, 1.82) is 5.26 Å². The molecule has 0 saturated heterocycles. The number of fused-ring (bicyclic) bond motifs is 1. The molecular formula is C15H13N5. The van der Waals surface area contributed by atoms with Gasteiger partial charge < -0.3 is 10.3 Å². The van der Waals surface area contributed by atoms with E-state index in [-0.39, 0.29) is 6.04 Å². The highest BCUT2D eigenvalue weighted by atomic mass is 15.1. The van der Waals surface area contributed by atoms with Crippen molar-refractivity contribution in [3.63, 3.8) is 0 Å². The van der Waals surface area contributed by atoms with E-state index >= 15 is 0 Å². The molecule has 98 valence electrons. The number of H-pyrrole nitrogens is 1. The van der Waals surface area contributed by atoms with Crippen molar-refractivity contribution in [2.75, 3.05) is 5.32 Å². The molecule has 0 amide bonds. The number of benzene rings is 1. The largest absolute Gasteiger partial charge is 0.360 e. The number of imidazole rings is 1. The van der Waals surface area contributed by atoms with Crippen LogP contribution in [0.4, 0.5) is 5.82 Å². The van der Waals surface area contributed by atoms with Crippen LogP contribution in [0.2, 0.25) is 0 Å². The molecule has 3 aromatic rings. The first-order valence-corrected chi connectivity index (χ1v) is 6.33. The highest BCUT2D eigenvalue weighted by Gasteiger charge is 2.10. The van der Waals surface area contributed by atoms with Crippen LogP contribution in [0.1, 0.15) is 24.4 Å². The molecular weight excluding hydrogens is 250 g/mol. The highest BCUT2D eigenvalue weighted by Crippen LogP contribution is 2.18. The molecule has 0 radical (unpaired) electrons. The van der Waals surface area contributed by atoms with Crippen LogP contribution in [0.3, 0.4) is 0 Å². The summed E-state index contributed by atoms with van der Waals surface area (Å²) in [7, 11) is 0. The van der Waals surface area contributed by atoms with Gasteiger partial charge in [-0.1, -0.05) is 12.1 Å². The number of hydrogen-bond acceptors (Lipinski definition) is 4. The maximum atomic E-state index is 8.74. The Kier molecular flexibility index (Phi) is 3.05. The summed E-state index contributed by atoms with van der Waals surface area (Å²) in [5, 5.41) is 12.0. The predicted octanol–water partition coefficient (Wildman–Crippen LogP) is 3.00. The van der Waals surface area contributed by atoms with Gasteiger partial charge in [-0.3, -0.25) is 0 Å². The van der Waals surface area contributed by atoms with Gasteiger partial charge in [0.25, 0.3) is 0 Å². The van der Waals surface area contributed by atoms with Crippen molar-refractivity contribution >= 4 is 16.9 Å². The lowest BCUT2D eigenvalue weighted by molar-refractivity contribution is 0.808. The van der Waals surface area contributed by atoms with Crippen LogP contribution in [0, 0.1) is 11.3 Å². The number of nitrogens with one attached hydrogen (secondary N) is 2. The third kappa shape index (κ3) is 2.31. The predicted molar refractivity (Wildman–Crippen MR) is 77.1 cm³/mol. The molecule has 0 fully saturated rings. The summed E-state index contributed by atoms with van der Waals surface area (Å²) < 4.78 is 0. The quantitative estimate of drug-likeness (QED) is 0.761. The van der Waals surface area contributed by atoms with Crippen molar-refractivity contribution in [3.8, 4) is 6.07 Å². The first-order valence-electron chi connectivity index (χ1n) is 6.33. The van der Waals surface area contributed by atoms with Crippen molar-refractivity contribution in [3.05, 3.63) is 54.0 Å². The molecule has 2 heterocycles. The summed E-state index contributed by atoms with van der Waals surface area (Å²) >= 11 is 0. The van der Waals surface area contributed by atoms with Gasteiger partial charge in [0.2, 0.25) is 0 Å². The number of pyridine rings is 1. The van der Waals surface area contributed by atoms with Crippen LogP contribution in [-0.4, -0.2) is 15.0 Å². The van der Waals surface area contributed by atoms with Gasteiger partial charge in [0, 0.05) is 6.20 Å². The zero-order valence-corrected chi connectivity index (χ0v) is 11.0. The summed E-state index contributed by atoms with van der Waals surface area (Å²) in [5.74, 6) is 1.58. The molecule has 5 nitrogen and oxygen atoms in total. The Balaban J connectivity index is 1.81. The minimum absolute atomic E-state index is 0.00263. The maximum absolute atomic E-state index is 8.74. The number of nitrogens with zero attached hydrogens (tertiary/aromatic N) is 3. The number of aromatic amines is 1. The molecule has 5 heteroatoms. The molecule has 3 rings (SSSR count). The van der Waals surface area contributed by atoms with Crippen LogP contribution in [0.15, 0.2) is 42.6 Å². The summed E-state index contributed by atoms with van der Waals surface area (Å²) in [6.45, 7) is 2.01. The van der Waals surface area contributed by atoms with Crippen molar-refractivity contribution < 1.29 is 0 Å². The molecule has 1 atom stereocenters. The average Bonchev–Trinajstić information content (AvgIpc) is 2.92. The van der Waals surface area contributed by atoms with Crippen LogP contribution >= 0.6 is 0 Å². The molecule has 0 aliphatic heterocycles. The minimum Gasteiger partial charge on any atom is -0.360 e. The molecule has 2 N–H and O–H groups in total. The zero-order chi connectivity index (χ0) is 13.9. The van der Waals surface area contributed by atoms with Gasteiger partial charge in [-0.25, -0.2) is 9.97 Å². The van der Waals surface area contributed by atoms with E-state index in [1.807, 2.05) is 37.3 Å². The summed E-state index contributed by atoms with van der Waals surface area (Å²) in [6, 6.07) is 13.5. The van der Waals surface area contributed by atoms with Crippen LogP contribution in [0.5, 0.6) is 0 Å². The van der Waals surface area contributed by atoms with E-state index in [0.29, 0.717) is 5.56 Å². The van der Waals surface area contributed by atoms with E-state index in [4.69, 9.17) is 5.26 Å². The first kappa shape index (κ1) is 12.2. The summed E-state index contributed by atoms with van der Waals surface area (Å²) in [6.07, 6.45) is 1.55. The SMILES string of the molecule is C[C@@H](Nc1ccc(C#N)cn1)c1nc2ccccc2[nH]1. The number of hydrogen-bond donors (Lipinski definition) is 2. The summed E-state index contributed by atoms with van der Waals surface area (Å²) in [4.78, 5) is 12.0. The number of anilines is 1. The monoisotopic (exact) mass is 263 g/mol. The van der Waals surface area contributed by atoms with Gasteiger partial charge in [-0.15, -0.1) is 0 Å². The maximum Gasteiger partial charge on any atom is 0.129 e. The van der Waals surface area contributed by atoms with E-state index in [2.05, 4.69) is 20.3 Å². The molecule has 1 aromatic carbocycles. The van der Waals surface area contributed by atoms with E-state index < -0.39 is 0 Å². The zero-order valence-electron chi connectivity index (χ0n) is 11.0. The molecule has 2 aromatic heterocycles. The standard InChI is InChI=1S/C15H13N5/c1-10(18-14-7-6-11(8-16)9-17-14)15-19-12-4-2-3-5-13(12)20-15/h2-7,9-10H,1H3,(H,17,18)(H,19,20)/t10-/m1/s1. The number of rotatable bonds is 3. The summed E-state index contributed by atoms with van der Waals surface area (Å²) in [5.41, 5.74) is 2.51. The second-order valence-corrected chi connectivity index (χ2v) is 4.55. The average molecular weight is 263 g/mol. The van der Waals surface area contributed by atoms with E-state index in [1.165, 1.54) is 0 Å². The molecule has 0 aliphatic carbocycles. The Morgan fingerprint density at radius 1 is 1.25 bits per heavy atom. The fraction of sp³-hybridized carbons (Fsp3) is 0.133. The second-order valence-electron chi connectivity index (χ2n) is 4.55. The number of aromatic nitrogens is 3. The minimum atomic E-state index is 0.00263. The van der Waals surface area contributed by atoms with Gasteiger partial charge in [0.05, 0.1) is 22.6 Å². The Morgan fingerprint density at radius 3 is 2.80 bits per heavy atom. The lowest BCUT2D eigenvalue weighted by atomic mass is 10.3. The van der Waals surface area contributed by atoms with E-state index in [0.717, 1.165) is 22.7 Å². The van der Waals surface area contributed by atoms with Gasteiger partial charge in [-0.05, 0) is 31.2 Å². The Bertz CT molecular complexity index is 734. The Hall–Kier alpha value is -2.87. The smallest absolute Gasteiger partial charge is 0.129 e.